The van der Waals surface area contributed by atoms with Crippen LogP contribution in [0.25, 0.3) is 0 Å². The molecule has 0 aliphatic rings. The van der Waals surface area contributed by atoms with Gasteiger partial charge in [-0.15, -0.1) is 0 Å². The average molecular weight is 178 g/mol. The maximum absolute atomic E-state index is 10.2. The van der Waals surface area contributed by atoms with Crippen molar-refractivity contribution in [2.45, 2.75) is 24.8 Å². The van der Waals surface area contributed by atoms with E-state index in [0.29, 0.717) is 0 Å². The first kappa shape index (κ1) is 11.3. The van der Waals surface area contributed by atoms with Gasteiger partial charge in [0.05, 0.1) is 6.10 Å². The number of aliphatic hydroxyl groups excluding tert-OH is 1. The van der Waals surface area contributed by atoms with E-state index in [1.54, 1.807) is 0 Å². The normalized spacial score (nSPS) is 18.3. The Labute approximate surface area is 70.1 Å². The van der Waals surface area contributed by atoms with Crippen LogP contribution in [0.5, 0.6) is 0 Å². The SMILES string of the molecule is COC(N)C(O)CC(N)C(=O)O. The summed E-state index contributed by atoms with van der Waals surface area (Å²) in [5.74, 6) is -1.17. The summed E-state index contributed by atoms with van der Waals surface area (Å²) in [5.41, 5.74) is 10.4. The highest BCUT2D eigenvalue weighted by molar-refractivity contribution is 5.73. The monoisotopic (exact) mass is 178 g/mol. The molecule has 0 aliphatic carbocycles. The second-order valence-corrected chi connectivity index (χ2v) is 2.45. The minimum atomic E-state index is -1.17. The van der Waals surface area contributed by atoms with Gasteiger partial charge in [-0.05, 0) is 0 Å². The molecule has 0 radical (unpaired) electrons. The standard InChI is InChI=1S/C6H14N2O4/c1-12-5(8)4(9)2-3(7)6(10)11/h3-5,9H,2,7-8H2,1H3,(H,10,11). The number of aliphatic carboxylic acids is 1. The average Bonchev–Trinajstić information content (AvgIpc) is 2.02. The molecule has 6 N–H and O–H groups in total. The summed E-state index contributed by atoms with van der Waals surface area (Å²) in [6.07, 6.45) is -2.07. The fourth-order valence-corrected chi connectivity index (χ4v) is 0.652. The molecular formula is C6H14N2O4. The highest BCUT2D eigenvalue weighted by atomic mass is 16.5. The van der Waals surface area contributed by atoms with Gasteiger partial charge >= 0.3 is 5.97 Å². The van der Waals surface area contributed by atoms with Gasteiger partial charge in [-0.1, -0.05) is 0 Å². The molecule has 0 aromatic rings. The first-order valence-corrected chi connectivity index (χ1v) is 3.44. The van der Waals surface area contributed by atoms with Gasteiger partial charge in [0.15, 0.2) is 0 Å². The molecule has 6 nitrogen and oxygen atoms in total. The number of carboxylic acids is 1. The van der Waals surface area contributed by atoms with Crippen molar-refractivity contribution in [2.24, 2.45) is 11.5 Å². The highest BCUT2D eigenvalue weighted by Gasteiger charge is 2.21. The smallest absolute Gasteiger partial charge is 0.320 e. The molecule has 3 atom stereocenters. The van der Waals surface area contributed by atoms with Gasteiger partial charge in [0.2, 0.25) is 0 Å². The van der Waals surface area contributed by atoms with E-state index in [-0.39, 0.29) is 6.42 Å². The van der Waals surface area contributed by atoms with Crippen LogP contribution in [-0.4, -0.2) is 41.7 Å². The van der Waals surface area contributed by atoms with E-state index in [1.165, 1.54) is 7.11 Å². The van der Waals surface area contributed by atoms with Crippen LogP contribution in [-0.2, 0) is 9.53 Å². The zero-order chi connectivity index (χ0) is 9.72. The predicted octanol–water partition coefficient (Wildman–Crippen LogP) is -1.92. The summed E-state index contributed by atoms with van der Waals surface area (Å²) in [4.78, 5) is 10.2. The van der Waals surface area contributed by atoms with Crippen molar-refractivity contribution in [1.82, 2.24) is 0 Å². The summed E-state index contributed by atoms with van der Waals surface area (Å²) in [7, 11) is 1.32. The second-order valence-electron chi connectivity index (χ2n) is 2.45. The number of hydrogen-bond donors (Lipinski definition) is 4. The lowest BCUT2D eigenvalue weighted by Crippen LogP contribution is -2.42. The largest absolute Gasteiger partial charge is 0.480 e. The van der Waals surface area contributed by atoms with Crippen LogP contribution in [0.3, 0.4) is 0 Å². The predicted molar refractivity (Wildman–Crippen MR) is 41.2 cm³/mol. The minimum Gasteiger partial charge on any atom is -0.480 e. The van der Waals surface area contributed by atoms with Gasteiger partial charge in [-0.3, -0.25) is 4.79 Å². The van der Waals surface area contributed by atoms with E-state index < -0.39 is 24.3 Å². The number of carbonyl (C=O) groups is 1. The molecule has 0 aromatic carbocycles. The molecule has 0 saturated heterocycles. The highest BCUT2D eigenvalue weighted by Crippen LogP contribution is 2.00. The number of ether oxygens (including phenoxy) is 1. The summed E-state index contributed by atoms with van der Waals surface area (Å²) < 4.78 is 4.57. The quantitative estimate of drug-likeness (QED) is 0.364. The third-order valence-electron chi connectivity index (χ3n) is 1.46. The van der Waals surface area contributed by atoms with Crippen molar-refractivity contribution in [2.75, 3.05) is 7.11 Å². The van der Waals surface area contributed by atoms with Crippen molar-refractivity contribution in [3.63, 3.8) is 0 Å². The summed E-state index contributed by atoms with van der Waals surface area (Å²) in [6, 6.07) is -1.11. The van der Waals surface area contributed by atoms with Crippen LogP contribution in [0.2, 0.25) is 0 Å². The van der Waals surface area contributed by atoms with E-state index in [0.717, 1.165) is 0 Å². The van der Waals surface area contributed by atoms with E-state index >= 15 is 0 Å². The molecular weight excluding hydrogens is 164 g/mol. The molecule has 0 saturated carbocycles. The molecule has 12 heavy (non-hydrogen) atoms. The fraction of sp³-hybridized carbons (Fsp3) is 0.833. The van der Waals surface area contributed by atoms with E-state index in [2.05, 4.69) is 4.74 Å². The molecule has 0 rings (SSSR count). The third kappa shape index (κ3) is 3.63. The zero-order valence-corrected chi connectivity index (χ0v) is 6.80. The van der Waals surface area contributed by atoms with Gasteiger partial charge in [0.1, 0.15) is 12.3 Å². The van der Waals surface area contributed by atoms with Gasteiger partial charge in [0.25, 0.3) is 0 Å². The molecule has 0 fully saturated rings. The Morgan fingerprint density at radius 3 is 2.42 bits per heavy atom. The van der Waals surface area contributed by atoms with Crippen molar-refractivity contribution in [1.29, 1.82) is 0 Å². The molecule has 72 valence electrons. The Kier molecular flexibility index (Phi) is 4.75. The number of nitrogens with two attached hydrogens (primary N) is 2. The lowest BCUT2D eigenvalue weighted by Gasteiger charge is -2.18. The van der Waals surface area contributed by atoms with Crippen molar-refractivity contribution in [3.05, 3.63) is 0 Å². The summed E-state index contributed by atoms with van der Waals surface area (Å²) >= 11 is 0. The number of rotatable bonds is 5. The molecule has 0 bridgehead atoms. The van der Waals surface area contributed by atoms with Crippen LogP contribution in [0, 0.1) is 0 Å². The lowest BCUT2D eigenvalue weighted by atomic mass is 10.1. The maximum Gasteiger partial charge on any atom is 0.320 e. The van der Waals surface area contributed by atoms with Gasteiger partial charge < -0.3 is 26.4 Å². The molecule has 0 aliphatic heterocycles. The van der Waals surface area contributed by atoms with Gasteiger partial charge in [-0.2, -0.15) is 0 Å². The lowest BCUT2D eigenvalue weighted by molar-refractivity contribution is -0.139. The van der Waals surface area contributed by atoms with Crippen molar-refractivity contribution < 1.29 is 19.7 Å². The third-order valence-corrected chi connectivity index (χ3v) is 1.46. The van der Waals surface area contributed by atoms with Crippen LogP contribution >= 0.6 is 0 Å². The zero-order valence-electron chi connectivity index (χ0n) is 6.80. The van der Waals surface area contributed by atoms with E-state index in [9.17, 15) is 4.79 Å². The second kappa shape index (κ2) is 5.04. The number of aliphatic hydroxyl groups is 1. The fourth-order valence-electron chi connectivity index (χ4n) is 0.652. The van der Waals surface area contributed by atoms with E-state index in [1.807, 2.05) is 0 Å². The van der Waals surface area contributed by atoms with E-state index in [4.69, 9.17) is 21.7 Å². The maximum atomic E-state index is 10.2. The minimum absolute atomic E-state index is 0.121. The summed E-state index contributed by atoms with van der Waals surface area (Å²) in [6.45, 7) is 0. The van der Waals surface area contributed by atoms with Gasteiger partial charge in [0, 0.05) is 13.5 Å². The van der Waals surface area contributed by atoms with Crippen LogP contribution in [0.4, 0.5) is 0 Å². The van der Waals surface area contributed by atoms with Crippen molar-refractivity contribution in [3.8, 4) is 0 Å². The number of carboxylic acid groups (broad SMARTS) is 1. The van der Waals surface area contributed by atoms with Gasteiger partial charge in [-0.25, -0.2) is 0 Å². The Morgan fingerprint density at radius 2 is 2.08 bits per heavy atom. The Hall–Kier alpha value is -0.690. The Bertz CT molecular complexity index is 152. The first-order chi connectivity index (χ1) is 5.49. The van der Waals surface area contributed by atoms with Crippen LogP contribution < -0.4 is 11.5 Å². The summed E-state index contributed by atoms with van der Waals surface area (Å²) in [5, 5.41) is 17.5. The molecule has 0 aromatic heterocycles. The Balaban J connectivity index is 3.83. The number of hydrogen-bond acceptors (Lipinski definition) is 5. The Morgan fingerprint density at radius 1 is 1.58 bits per heavy atom. The van der Waals surface area contributed by atoms with Crippen molar-refractivity contribution >= 4 is 5.97 Å². The molecule has 6 heteroatoms. The topological polar surface area (TPSA) is 119 Å². The molecule has 0 amide bonds. The van der Waals surface area contributed by atoms with Crippen LogP contribution in [0.1, 0.15) is 6.42 Å². The number of methoxy groups -OCH3 is 1. The molecule has 0 heterocycles. The van der Waals surface area contributed by atoms with Crippen LogP contribution in [0.15, 0.2) is 0 Å². The molecule has 3 unspecified atom stereocenters. The molecule has 0 spiro atoms. The first-order valence-electron chi connectivity index (χ1n) is 3.44.